The number of nitro benzene ring substituents is 1. The fourth-order valence-corrected chi connectivity index (χ4v) is 3.23. The van der Waals surface area contributed by atoms with E-state index in [1.54, 1.807) is 22.8 Å². The van der Waals surface area contributed by atoms with E-state index in [9.17, 15) is 14.9 Å². The SMILES string of the molecule is Cn1c(SCC(=O)c2cccc([N+](=O)[O-])c2)nnc1-c1ccc(Cl)cc1. The number of hydrogen-bond acceptors (Lipinski definition) is 6. The summed E-state index contributed by atoms with van der Waals surface area (Å²) in [6.45, 7) is 0. The number of carbonyl (C=O) groups excluding carboxylic acids is 1. The molecule has 0 fully saturated rings. The largest absolute Gasteiger partial charge is 0.305 e. The summed E-state index contributed by atoms with van der Waals surface area (Å²) in [5.41, 5.74) is 1.05. The summed E-state index contributed by atoms with van der Waals surface area (Å²) in [6.07, 6.45) is 0. The van der Waals surface area contributed by atoms with Crippen LogP contribution in [0.2, 0.25) is 5.02 Å². The van der Waals surface area contributed by atoms with Crippen LogP contribution in [0.4, 0.5) is 5.69 Å². The van der Waals surface area contributed by atoms with Gasteiger partial charge in [-0.3, -0.25) is 14.9 Å². The molecule has 0 N–H and O–H groups in total. The summed E-state index contributed by atoms with van der Waals surface area (Å²) in [5, 5.41) is 20.3. The lowest BCUT2D eigenvalue weighted by atomic mass is 10.1. The predicted molar refractivity (Wildman–Crippen MR) is 99.6 cm³/mol. The highest BCUT2D eigenvalue weighted by atomic mass is 35.5. The van der Waals surface area contributed by atoms with Gasteiger partial charge in [0.15, 0.2) is 16.8 Å². The van der Waals surface area contributed by atoms with E-state index in [-0.39, 0.29) is 17.2 Å². The average Bonchev–Trinajstić information content (AvgIpc) is 3.01. The lowest BCUT2D eigenvalue weighted by Crippen LogP contribution is -2.04. The summed E-state index contributed by atoms with van der Waals surface area (Å²) in [7, 11) is 1.81. The molecule has 0 atom stereocenters. The van der Waals surface area contributed by atoms with Crippen molar-refractivity contribution >= 4 is 34.8 Å². The smallest absolute Gasteiger partial charge is 0.270 e. The fourth-order valence-electron chi connectivity index (χ4n) is 2.30. The molecule has 7 nitrogen and oxygen atoms in total. The number of hydrogen-bond donors (Lipinski definition) is 0. The Bertz CT molecular complexity index is 972. The average molecular weight is 389 g/mol. The topological polar surface area (TPSA) is 90.9 Å². The molecule has 0 aliphatic rings. The Morgan fingerprint density at radius 2 is 1.96 bits per heavy atom. The number of non-ortho nitro benzene ring substituents is 1. The number of carbonyl (C=O) groups is 1. The second-order valence-corrected chi connectivity index (χ2v) is 6.77. The van der Waals surface area contributed by atoms with Gasteiger partial charge in [-0.05, 0) is 24.3 Å². The second-order valence-electron chi connectivity index (χ2n) is 5.39. The Hall–Kier alpha value is -2.71. The number of rotatable bonds is 6. The summed E-state index contributed by atoms with van der Waals surface area (Å²) in [5.74, 6) is 0.551. The van der Waals surface area contributed by atoms with E-state index in [4.69, 9.17) is 11.6 Å². The van der Waals surface area contributed by atoms with Gasteiger partial charge in [0.1, 0.15) is 0 Å². The molecule has 2 aromatic carbocycles. The molecular formula is C17H13ClN4O3S. The molecule has 0 aliphatic heterocycles. The normalized spacial score (nSPS) is 10.7. The first-order valence-corrected chi connectivity index (χ1v) is 8.88. The predicted octanol–water partition coefficient (Wildman–Crippen LogP) is 4.02. The Kier molecular flexibility index (Phi) is 5.34. The third-order valence-corrected chi connectivity index (χ3v) is 4.92. The number of thioether (sulfide) groups is 1. The molecule has 3 aromatic rings. The maximum atomic E-state index is 12.3. The van der Waals surface area contributed by atoms with Crippen LogP contribution in [-0.4, -0.2) is 31.2 Å². The van der Waals surface area contributed by atoms with Crippen LogP contribution in [-0.2, 0) is 7.05 Å². The van der Waals surface area contributed by atoms with Gasteiger partial charge >= 0.3 is 0 Å². The fraction of sp³-hybridized carbons (Fsp3) is 0.118. The molecule has 0 amide bonds. The highest BCUT2D eigenvalue weighted by Gasteiger charge is 2.15. The van der Waals surface area contributed by atoms with Crippen molar-refractivity contribution in [3.8, 4) is 11.4 Å². The van der Waals surface area contributed by atoms with Crippen LogP contribution < -0.4 is 0 Å². The number of nitrogens with zero attached hydrogens (tertiary/aromatic N) is 4. The van der Waals surface area contributed by atoms with Gasteiger partial charge < -0.3 is 4.57 Å². The van der Waals surface area contributed by atoms with E-state index < -0.39 is 4.92 Å². The Morgan fingerprint density at radius 3 is 2.65 bits per heavy atom. The van der Waals surface area contributed by atoms with E-state index >= 15 is 0 Å². The number of benzene rings is 2. The first-order valence-electron chi connectivity index (χ1n) is 7.51. The minimum atomic E-state index is -0.523. The van der Waals surface area contributed by atoms with Crippen LogP contribution >= 0.6 is 23.4 Å². The summed E-state index contributed by atoms with van der Waals surface area (Å²) < 4.78 is 1.79. The Morgan fingerprint density at radius 1 is 1.23 bits per heavy atom. The molecule has 0 saturated carbocycles. The molecule has 1 heterocycles. The van der Waals surface area contributed by atoms with Crippen molar-refractivity contribution in [1.29, 1.82) is 0 Å². The van der Waals surface area contributed by atoms with Gasteiger partial charge in [0, 0.05) is 35.3 Å². The monoisotopic (exact) mass is 388 g/mol. The number of nitro groups is 1. The summed E-state index contributed by atoms with van der Waals surface area (Å²) in [4.78, 5) is 22.6. The third kappa shape index (κ3) is 3.92. The van der Waals surface area contributed by atoms with Crippen LogP contribution in [0.15, 0.2) is 53.7 Å². The highest BCUT2D eigenvalue weighted by molar-refractivity contribution is 7.99. The number of ketones is 1. The molecule has 0 radical (unpaired) electrons. The molecule has 0 saturated heterocycles. The second kappa shape index (κ2) is 7.67. The van der Waals surface area contributed by atoms with Crippen LogP contribution in [0.3, 0.4) is 0 Å². The third-order valence-electron chi connectivity index (χ3n) is 3.65. The summed E-state index contributed by atoms with van der Waals surface area (Å²) in [6, 6.07) is 12.9. The van der Waals surface area contributed by atoms with Gasteiger partial charge in [0.05, 0.1) is 10.7 Å². The summed E-state index contributed by atoms with van der Waals surface area (Å²) >= 11 is 7.12. The zero-order valence-electron chi connectivity index (χ0n) is 13.6. The zero-order chi connectivity index (χ0) is 18.7. The first kappa shape index (κ1) is 18.1. The zero-order valence-corrected chi connectivity index (χ0v) is 15.2. The molecule has 9 heteroatoms. The van der Waals surface area contributed by atoms with Crippen molar-refractivity contribution in [2.75, 3.05) is 5.75 Å². The van der Waals surface area contributed by atoms with Gasteiger partial charge in [-0.15, -0.1) is 10.2 Å². The first-order chi connectivity index (χ1) is 12.5. The van der Waals surface area contributed by atoms with Gasteiger partial charge in [0.25, 0.3) is 5.69 Å². The highest BCUT2D eigenvalue weighted by Crippen LogP contribution is 2.24. The van der Waals surface area contributed by atoms with E-state index in [1.807, 2.05) is 19.2 Å². The minimum Gasteiger partial charge on any atom is -0.305 e. The lowest BCUT2D eigenvalue weighted by molar-refractivity contribution is -0.384. The molecule has 0 aliphatic carbocycles. The van der Waals surface area contributed by atoms with Gasteiger partial charge in [0.2, 0.25) is 0 Å². The van der Waals surface area contributed by atoms with Crippen LogP contribution in [0.1, 0.15) is 10.4 Å². The van der Waals surface area contributed by atoms with Gasteiger partial charge in [-0.25, -0.2) is 0 Å². The number of halogens is 1. The van der Waals surface area contributed by atoms with E-state index in [0.29, 0.717) is 21.6 Å². The Labute approximate surface area is 158 Å². The van der Waals surface area contributed by atoms with Crippen LogP contribution in [0.5, 0.6) is 0 Å². The van der Waals surface area contributed by atoms with E-state index in [2.05, 4.69) is 10.2 Å². The lowest BCUT2D eigenvalue weighted by Gasteiger charge is -2.04. The molecule has 0 bridgehead atoms. The van der Waals surface area contributed by atoms with Gasteiger partial charge in [-0.2, -0.15) is 0 Å². The number of aromatic nitrogens is 3. The number of Topliss-reactive ketones (excluding diaryl/α,β-unsaturated/α-hetero) is 1. The molecule has 132 valence electrons. The van der Waals surface area contributed by atoms with Crippen molar-refractivity contribution < 1.29 is 9.72 Å². The minimum absolute atomic E-state index is 0.105. The van der Waals surface area contributed by atoms with Crippen molar-refractivity contribution in [3.63, 3.8) is 0 Å². The molecule has 0 unspecified atom stereocenters. The van der Waals surface area contributed by atoms with Crippen molar-refractivity contribution in [3.05, 3.63) is 69.2 Å². The standard InChI is InChI=1S/C17H13ClN4O3S/c1-21-16(11-5-7-13(18)8-6-11)19-20-17(21)26-10-15(23)12-3-2-4-14(9-12)22(24)25/h2-9H,10H2,1H3. The van der Waals surface area contributed by atoms with Crippen molar-refractivity contribution in [2.24, 2.45) is 7.05 Å². The molecule has 1 aromatic heterocycles. The van der Waals surface area contributed by atoms with E-state index in [0.717, 1.165) is 5.56 Å². The van der Waals surface area contributed by atoms with E-state index in [1.165, 1.54) is 30.0 Å². The molecule has 26 heavy (non-hydrogen) atoms. The maximum Gasteiger partial charge on any atom is 0.270 e. The Balaban J connectivity index is 1.72. The molecule has 0 spiro atoms. The molecular weight excluding hydrogens is 376 g/mol. The van der Waals surface area contributed by atoms with Crippen molar-refractivity contribution in [1.82, 2.24) is 14.8 Å². The van der Waals surface area contributed by atoms with Crippen molar-refractivity contribution in [2.45, 2.75) is 5.16 Å². The maximum absolute atomic E-state index is 12.3. The van der Waals surface area contributed by atoms with Crippen LogP contribution in [0, 0.1) is 10.1 Å². The van der Waals surface area contributed by atoms with Crippen LogP contribution in [0.25, 0.3) is 11.4 Å². The molecule has 3 rings (SSSR count). The van der Waals surface area contributed by atoms with Gasteiger partial charge in [-0.1, -0.05) is 35.5 Å². The quantitative estimate of drug-likeness (QED) is 0.274.